The van der Waals surface area contributed by atoms with Crippen LogP contribution in [0.15, 0.2) is 84.9 Å². The highest BCUT2D eigenvalue weighted by molar-refractivity contribution is 6.26. The van der Waals surface area contributed by atoms with Gasteiger partial charge in [-0.1, -0.05) is 60.7 Å². The number of hydrogen-bond acceptors (Lipinski definition) is 1. The highest BCUT2D eigenvalue weighted by Crippen LogP contribution is 2.38. The van der Waals surface area contributed by atoms with Crippen molar-refractivity contribution in [1.29, 1.82) is 0 Å². The molecule has 0 fully saturated rings. The molecule has 1 N–H and O–H groups in total. The minimum atomic E-state index is 1.01. The summed E-state index contributed by atoms with van der Waals surface area (Å²) >= 11 is 0. The SMILES string of the molecule is c1ccc2c(c1)nc1c3c(ccc4c5ccccc5[nH]c43)c3ccccc3n21. The number of fused-ring (bicyclic) bond motifs is 12. The van der Waals surface area contributed by atoms with Crippen molar-refractivity contribution >= 4 is 60.2 Å². The minimum absolute atomic E-state index is 1.01. The van der Waals surface area contributed by atoms with E-state index in [-0.39, 0.29) is 0 Å². The standard InChI is InChI=1S/C25H15N3/c1-3-9-19-15(7-1)18-14-13-17-16-8-2-5-11-21(16)28-22-12-6-4-10-20(22)27-25(28)23(17)24(18)26-19/h1-14,26H. The maximum atomic E-state index is 5.06. The van der Waals surface area contributed by atoms with E-state index < -0.39 is 0 Å². The van der Waals surface area contributed by atoms with Crippen LogP contribution in [0.2, 0.25) is 0 Å². The molecule has 0 atom stereocenters. The molecule has 3 aromatic heterocycles. The van der Waals surface area contributed by atoms with Crippen LogP contribution >= 0.6 is 0 Å². The van der Waals surface area contributed by atoms with Gasteiger partial charge in [0.1, 0.15) is 5.65 Å². The second-order valence-corrected chi connectivity index (χ2v) is 7.36. The summed E-state index contributed by atoms with van der Waals surface area (Å²) in [6.07, 6.45) is 0. The first-order valence-electron chi connectivity index (χ1n) is 9.51. The van der Waals surface area contributed by atoms with E-state index >= 15 is 0 Å². The van der Waals surface area contributed by atoms with Gasteiger partial charge in [-0.05, 0) is 29.7 Å². The first-order chi connectivity index (χ1) is 13.9. The van der Waals surface area contributed by atoms with E-state index in [0.717, 1.165) is 27.7 Å². The molecule has 0 aliphatic carbocycles. The van der Waals surface area contributed by atoms with Crippen LogP contribution in [0.1, 0.15) is 0 Å². The molecule has 0 amide bonds. The fraction of sp³-hybridized carbons (Fsp3) is 0. The molecular weight excluding hydrogens is 342 g/mol. The van der Waals surface area contributed by atoms with Gasteiger partial charge in [0.2, 0.25) is 0 Å². The molecule has 0 bridgehead atoms. The lowest BCUT2D eigenvalue weighted by Crippen LogP contribution is -1.92. The average molecular weight is 357 g/mol. The van der Waals surface area contributed by atoms with Crippen LogP contribution in [-0.4, -0.2) is 14.4 Å². The van der Waals surface area contributed by atoms with E-state index in [1.54, 1.807) is 0 Å². The summed E-state index contributed by atoms with van der Waals surface area (Å²) in [5, 5.41) is 6.16. The molecule has 0 aliphatic heterocycles. The molecule has 7 aromatic rings. The third-order valence-electron chi connectivity index (χ3n) is 5.90. The fourth-order valence-electron chi connectivity index (χ4n) is 4.71. The molecule has 3 nitrogen and oxygen atoms in total. The number of aromatic nitrogens is 3. The molecule has 0 saturated heterocycles. The zero-order valence-electron chi connectivity index (χ0n) is 15.0. The number of pyridine rings is 1. The number of imidazole rings is 1. The Morgan fingerprint density at radius 1 is 0.607 bits per heavy atom. The van der Waals surface area contributed by atoms with Gasteiger partial charge in [-0.15, -0.1) is 0 Å². The average Bonchev–Trinajstić information content (AvgIpc) is 3.32. The molecule has 130 valence electrons. The number of nitrogens with zero attached hydrogens (tertiary/aromatic N) is 2. The van der Waals surface area contributed by atoms with Crippen molar-refractivity contribution in [2.75, 3.05) is 0 Å². The number of aromatic amines is 1. The summed E-state index contributed by atoms with van der Waals surface area (Å²) < 4.78 is 2.30. The van der Waals surface area contributed by atoms with Crippen LogP contribution in [0, 0.1) is 0 Å². The van der Waals surface area contributed by atoms with Crippen molar-refractivity contribution in [3.63, 3.8) is 0 Å². The molecule has 4 aromatic carbocycles. The maximum Gasteiger partial charge on any atom is 0.148 e. The van der Waals surface area contributed by atoms with Crippen LogP contribution in [0.5, 0.6) is 0 Å². The van der Waals surface area contributed by atoms with Crippen molar-refractivity contribution in [2.24, 2.45) is 0 Å². The van der Waals surface area contributed by atoms with Crippen LogP contribution in [-0.2, 0) is 0 Å². The Bertz CT molecular complexity index is 1720. The van der Waals surface area contributed by atoms with Crippen molar-refractivity contribution in [1.82, 2.24) is 14.4 Å². The monoisotopic (exact) mass is 357 g/mol. The molecule has 3 heteroatoms. The van der Waals surface area contributed by atoms with E-state index in [2.05, 4.69) is 94.3 Å². The first kappa shape index (κ1) is 14.2. The van der Waals surface area contributed by atoms with Gasteiger partial charge in [0.25, 0.3) is 0 Å². The lowest BCUT2D eigenvalue weighted by Gasteiger charge is -2.09. The van der Waals surface area contributed by atoms with Crippen molar-refractivity contribution in [2.45, 2.75) is 0 Å². The number of benzene rings is 4. The zero-order valence-corrected chi connectivity index (χ0v) is 15.0. The molecule has 3 heterocycles. The second-order valence-electron chi connectivity index (χ2n) is 7.36. The zero-order chi connectivity index (χ0) is 18.2. The number of hydrogen-bond donors (Lipinski definition) is 1. The van der Waals surface area contributed by atoms with Gasteiger partial charge < -0.3 is 4.98 Å². The summed E-state index contributed by atoms with van der Waals surface area (Å²) in [6, 6.07) is 30.0. The van der Waals surface area contributed by atoms with Gasteiger partial charge in [-0.2, -0.15) is 0 Å². The van der Waals surface area contributed by atoms with Crippen molar-refractivity contribution in [3.05, 3.63) is 84.9 Å². The quantitative estimate of drug-likeness (QED) is 0.312. The van der Waals surface area contributed by atoms with E-state index in [9.17, 15) is 0 Å². The number of nitrogens with one attached hydrogen (secondary N) is 1. The van der Waals surface area contributed by atoms with E-state index in [4.69, 9.17) is 4.98 Å². The second kappa shape index (κ2) is 4.90. The first-order valence-corrected chi connectivity index (χ1v) is 9.51. The molecule has 0 unspecified atom stereocenters. The van der Waals surface area contributed by atoms with E-state index in [1.165, 1.54) is 32.4 Å². The van der Waals surface area contributed by atoms with Crippen LogP contribution in [0.3, 0.4) is 0 Å². The highest BCUT2D eigenvalue weighted by Gasteiger charge is 2.17. The van der Waals surface area contributed by atoms with E-state index in [0.29, 0.717) is 0 Å². The summed E-state index contributed by atoms with van der Waals surface area (Å²) in [5.74, 6) is 0. The van der Waals surface area contributed by atoms with Crippen molar-refractivity contribution in [3.8, 4) is 0 Å². The van der Waals surface area contributed by atoms with Gasteiger partial charge >= 0.3 is 0 Å². The molecule has 0 saturated carbocycles. The predicted octanol–water partition coefficient (Wildman–Crippen LogP) is 6.43. The number of H-pyrrole nitrogens is 1. The lowest BCUT2D eigenvalue weighted by atomic mass is 10.0. The van der Waals surface area contributed by atoms with Gasteiger partial charge in [0, 0.05) is 27.1 Å². The van der Waals surface area contributed by atoms with Gasteiger partial charge in [0.05, 0.1) is 22.1 Å². The molecular formula is C25H15N3. The topological polar surface area (TPSA) is 33.1 Å². The molecule has 28 heavy (non-hydrogen) atoms. The van der Waals surface area contributed by atoms with Gasteiger partial charge in [-0.25, -0.2) is 4.98 Å². The Morgan fingerprint density at radius 2 is 1.32 bits per heavy atom. The minimum Gasteiger partial charge on any atom is -0.354 e. The molecule has 7 rings (SSSR count). The largest absolute Gasteiger partial charge is 0.354 e. The van der Waals surface area contributed by atoms with Crippen LogP contribution < -0.4 is 0 Å². The maximum absolute atomic E-state index is 5.06. The normalized spacial score (nSPS) is 12.3. The third-order valence-corrected chi connectivity index (χ3v) is 5.90. The molecule has 0 aliphatic rings. The predicted molar refractivity (Wildman–Crippen MR) is 117 cm³/mol. The Hall–Kier alpha value is -3.85. The summed E-state index contributed by atoms with van der Waals surface area (Å²) in [6.45, 7) is 0. The fourth-order valence-corrected chi connectivity index (χ4v) is 4.71. The lowest BCUT2D eigenvalue weighted by molar-refractivity contribution is 1.32. The van der Waals surface area contributed by atoms with Crippen LogP contribution in [0.25, 0.3) is 60.2 Å². The van der Waals surface area contributed by atoms with Crippen molar-refractivity contribution < 1.29 is 0 Å². The molecule has 0 spiro atoms. The summed E-state index contributed by atoms with van der Waals surface area (Å²) in [7, 11) is 0. The summed E-state index contributed by atoms with van der Waals surface area (Å²) in [4.78, 5) is 8.73. The Balaban J connectivity index is 1.89. The smallest absolute Gasteiger partial charge is 0.148 e. The Kier molecular flexibility index (Phi) is 2.49. The van der Waals surface area contributed by atoms with E-state index in [1.807, 2.05) is 0 Å². The highest BCUT2D eigenvalue weighted by atomic mass is 15.0. The van der Waals surface area contributed by atoms with Crippen LogP contribution in [0.4, 0.5) is 0 Å². The summed E-state index contributed by atoms with van der Waals surface area (Å²) in [5.41, 5.74) is 6.68. The third kappa shape index (κ3) is 1.62. The molecule has 0 radical (unpaired) electrons. The van der Waals surface area contributed by atoms with Gasteiger partial charge in [-0.3, -0.25) is 4.40 Å². The van der Waals surface area contributed by atoms with Gasteiger partial charge in [0.15, 0.2) is 0 Å². The Labute approximate surface area is 159 Å². The Morgan fingerprint density at radius 3 is 2.25 bits per heavy atom. The number of rotatable bonds is 0. The number of para-hydroxylation sites is 4.